The zero-order chi connectivity index (χ0) is 26.5. The maximum atomic E-state index is 12.9. The standard InChI is InChI=1S/C23H36N4O6S2/c1-13(2)10-18(23(32)33)26-22(31)19(12-34)27-21(30)17(8-9-35-3)25-20(29)16(24)11-14-4-6-15(28)7-5-14/h4-7,13,16-19,28,34H,8-12,24H2,1-3H3,(H,25,29)(H,26,31)(H,27,30)(H,32,33). The number of thiol groups is 1. The van der Waals surface area contributed by atoms with Gasteiger partial charge in [0.1, 0.15) is 23.9 Å². The highest BCUT2D eigenvalue weighted by atomic mass is 32.2. The van der Waals surface area contributed by atoms with E-state index in [1.54, 1.807) is 12.1 Å². The van der Waals surface area contributed by atoms with Gasteiger partial charge in [-0.1, -0.05) is 26.0 Å². The van der Waals surface area contributed by atoms with Crippen LogP contribution in [0, 0.1) is 5.92 Å². The zero-order valence-electron chi connectivity index (χ0n) is 20.2. The van der Waals surface area contributed by atoms with Crippen molar-refractivity contribution in [2.75, 3.05) is 17.8 Å². The van der Waals surface area contributed by atoms with Crippen molar-refractivity contribution in [3.05, 3.63) is 29.8 Å². The van der Waals surface area contributed by atoms with E-state index in [1.807, 2.05) is 20.1 Å². The van der Waals surface area contributed by atoms with Crippen LogP contribution in [0.25, 0.3) is 0 Å². The molecule has 0 aliphatic rings. The van der Waals surface area contributed by atoms with Crippen LogP contribution in [-0.4, -0.2) is 75.8 Å². The number of carboxylic acids is 1. The van der Waals surface area contributed by atoms with Crippen LogP contribution in [0.4, 0.5) is 0 Å². The highest BCUT2D eigenvalue weighted by Crippen LogP contribution is 2.11. The van der Waals surface area contributed by atoms with Crippen LogP contribution in [0.2, 0.25) is 0 Å². The molecule has 1 aromatic rings. The van der Waals surface area contributed by atoms with Crippen LogP contribution >= 0.6 is 24.4 Å². The molecule has 0 aliphatic carbocycles. The number of nitrogens with one attached hydrogen (secondary N) is 3. The third kappa shape index (κ3) is 11.2. The number of aliphatic carboxylic acids is 1. The van der Waals surface area contributed by atoms with Crippen LogP contribution in [-0.2, 0) is 25.6 Å². The first kappa shape index (κ1) is 30.6. The molecule has 0 bridgehead atoms. The molecule has 0 radical (unpaired) electrons. The number of rotatable bonds is 15. The molecule has 3 amide bonds. The van der Waals surface area contributed by atoms with Crippen molar-refractivity contribution in [1.82, 2.24) is 16.0 Å². The van der Waals surface area contributed by atoms with Crippen LogP contribution in [0.5, 0.6) is 5.75 Å². The first-order chi connectivity index (χ1) is 16.5. The SMILES string of the molecule is CSCCC(NC(=O)C(N)Cc1ccc(O)cc1)C(=O)NC(CS)C(=O)NC(CC(C)C)C(=O)O. The van der Waals surface area contributed by atoms with Gasteiger partial charge in [-0.3, -0.25) is 14.4 Å². The van der Waals surface area contributed by atoms with E-state index in [4.69, 9.17) is 5.73 Å². The molecule has 0 aliphatic heterocycles. The lowest BCUT2D eigenvalue weighted by molar-refractivity contribution is -0.142. The number of aromatic hydroxyl groups is 1. The Morgan fingerprint density at radius 1 is 0.971 bits per heavy atom. The number of amides is 3. The van der Waals surface area contributed by atoms with Gasteiger partial charge in [-0.2, -0.15) is 24.4 Å². The van der Waals surface area contributed by atoms with E-state index >= 15 is 0 Å². The summed E-state index contributed by atoms with van der Waals surface area (Å²) in [7, 11) is 0. The summed E-state index contributed by atoms with van der Waals surface area (Å²) in [5.74, 6) is -2.30. The van der Waals surface area contributed by atoms with Crippen molar-refractivity contribution in [1.29, 1.82) is 0 Å². The molecule has 0 spiro atoms. The second-order valence-corrected chi connectivity index (χ2v) is 9.94. The van der Waals surface area contributed by atoms with Gasteiger partial charge in [0, 0.05) is 5.75 Å². The number of carbonyl (C=O) groups excluding carboxylic acids is 3. The number of phenols is 1. The number of benzene rings is 1. The number of phenolic OH excluding ortho intramolecular Hbond substituents is 1. The largest absolute Gasteiger partial charge is 0.508 e. The Morgan fingerprint density at radius 3 is 2.03 bits per heavy atom. The maximum absolute atomic E-state index is 12.9. The normalized spacial score (nSPS) is 14.5. The topological polar surface area (TPSA) is 171 Å². The second-order valence-electron chi connectivity index (χ2n) is 8.59. The fourth-order valence-electron chi connectivity index (χ4n) is 3.19. The molecule has 0 saturated heterocycles. The summed E-state index contributed by atoms with van der Waals surface area (Å²) in [6, 6.07) is 2.24. The molecular formula is C23H36N4O6S2. The summed E-state index contributed by atoms with van der Waals surface area (Å²) in [6.07, 6.45) is 2.60. The molecule has 7 N–H and O–H groups in total. The highest BCUT2D eigenvalue weighted by molar-refractivity contribution is 7.98. The first-order valence-electron chi connectivity index (χ1n) is 11.3. The minimum absolute atomic E-state index is 0.0392. The van der Waals surface area contributed by atoms with Crippen molar-refractivity contribution in [3.8, 4) is 5.75 Å². The molecule has 1 rings (SSSR count). The Kier molecular flexibility index (Phi) is 13.6. The van der Waals surface area contributed by atoms with Gasteiger partial charge in [-0.05, 0) is 54.9 Å². The number of hydrogen-bond donors (Lipinski definition) is 7. The van der Waals surface area contributed by atoms with Gasteiger partial charge < -0.3 is 31.9 Å². The number of carbonyl (C=O) groups is 4. The highest BCUT2D eigenvalue weighted by Gasteiger charge is 2.30. The van der Waals surface area contributed by atoms with Gasteiger partial charge in [-0.15, -0.1) is 0 Å². The number of carboxylic acid groups (broad SMARTS) is 1. The van der Waals surface area contributed by atoms with Gasteiger partial charge in [-0.25, -0.2) is 4.79 Å². The lowest BCUT2D eigenvalue weighted by Crippen LogP contribution is -2.58. The van der Waals surface area contributed by atoms with E-state index < -0.39 is 47.9 Å². The smallest absolute Gasteiger partial charge is 0.326 e. The molecule has 35 heavy (non-hydrogen) atoms. The fourth-order valence-corrected chi connectivity index (χ4v) is 3.92. The zero-order valence-corrected chi connectivity index (χ0v) is 21.9. The number of thioether (sulfide) groups is 1. The van der Waals surface area contributed by atoms with Gasteiger partial charge in [0.25, 0.3) is 0 Å². The molecular weight excluding hydrogens is 492 g/mol. The van der Waals surface area contributed by atoms with Gasteiger partial charge in [0.2, 0.25) is 17.7 Å². The average molecular weight is 529 g/mol. The summed E-state index contributed by atoms with van der Waals surface area (Å²) in [4.78, 5) is 49.7. The monoisotopic (exact) mass is 528 g/mol. The van der Waals surface area contributed by atoms with Gasteiger partial charge in [0.15, 0.2) is 0 Å². The molecule has 4 unspecified atom stereocenters. The first-order valence-corrected chi connectivity index (χ1v) is 13.3. The van der Waals surface area contributed by atoms with Gasteiger partial charge >= 0.3 is 5.97 Å². The molecule has 196 valence electrons. The Hall–Kier alpha value is -2.44. The Morgan fingerprint density at radius 2 is 1.51 bits per heavy atom. The van der Waals surface area contributed by atoms with Crippen molar-refractivity contribution >= 4 is 48.1 Å². The van der Waals surface area contributed by atoms with Gasteiger partial charge in [0.05, 0.1) is 6.04 Å². The van der Waals surface area contributed by atoms with E-state index in [1.165, 1.54) is 23.9 Å². The van der Waals surface area contributed by atoms with Crippen molar-refractivity contribution in [2.24, 2.45) is 11.7 Å². The van der Waals surface area contributed by atoms with E-state index in [9.17, 15) is 29.4 Å². The Bertz CT molecular complexity index is 853. The minimum atomic E-state index is -1.16. The summed E-state index contributed by atoms with van der Waals surface area (Å²) in [6.45, 7) is 3.68. The minimum Gasteiger partial charge on any atom is -0.508 e. The predicted octanol–water partition coefficient (Wildman–Crippen LogP) is 0.530. The average Bonchev–Trinajstić information content (AvgIpc) is 2.80. The quantitative estimate of drug-likeness (QED) is 0.162. The van der Waals surface area contributed by atoms with Crippen molar-refractivity contribution in [2.45, 2.75) is 57.3 Å². The molecule has 0 saturated carbocycles. The number of hydrogen-bond acceptors (Lipinski definition) is 8. The summed E-state index contributed by atoms with van der Waals surface area (Å²) >= 11 is 5.61. The van der Waals surface area contributed by atoms with Crippen LogP contribution in [0.1, 0.15) is 32.3 Å². The van der Waals surface area contributed by atoms with Crippen LogP contribution in [0.3, 0.4) is 0 Å². The predicted molar refractivity (Wildman–Crippen MR) is 140 cm³/mol. The van der Waals surface area contributed by atoms with Crippen molar-refractivity contribution < 1.29 is 29.4 Å². The Labute approximate surface area is 215 Å². The molecule has 0 heterocycles. The fraction of sp³-hybridized carbons (Fsp3) is 0.565. The third-order valence-corrected chi connectivity index (χ3v) is 6.12. The third-order valence-electron chi connectivity index (χ3n) is 5.11. The number of nitrogens with two attached hydrogens (primary N) is 1. The van der Waals surface area contributed by atoms with Crippen LogP contribution in [0.15, 0.2) is 24.3 Å². The van der Waals surface area contributed by atoms with E-state index in [0.29, 0.717) is 12.2 Å². The lowest BCUT2D eigenvalue weighted by atomic mass is 10.0. The van der Waals surface area contributed by atoms with E-state index in [0.717, 1.165) is 5.56 Å². The second kappa shape index (κ2) is 15.5. The molecule has 4 atom stereocenters. The molecule has 12 heteroatoms. The molecule has 0 aromatic heterocycles. The summed E-state index contributed by atoms with van der Waals surface area (Å²) in [5, 5.41) is 26.4. The molecule has 0 fully saturated rings. The van der Waals surface area contributed by atoms with E-state index in [-0.39, 0.29) is 30.3 Å². The summed E-state index contributed by atoms with van der Waals surface area (Å²) < 4.78 is 0. The molecule has 1 aromatic carbocycles. The molecule has 10 nitrogen and oxygen atoms in total. The van der Waals surface area contributed by atoms with Crippen LogP contribution < -0.4 is 21.7 Å². The van der Waals surface area contributed by atoms with E-state index in [2.05, 4.69) is 28.6 Å². The maximum Gasteiger partial charge on any atom is 0.326 e. The van der Waals surface area contributed by atoms with Crippen molar-refractivity contribution in [3.63, 3.8) is 0 Å². The lowest BCUT2D eigenvalue weighted by Gasteiger charge is -2.25. The summed E-state index contributed by atoms with van der Waals surface area (Å²) in [5.41, 5.74) is 6.77. The Balaban J connectivity index is 2.83.